The van der Waals surface area contributed by atoms with E-state index in [1.807, 2.05) is 47.8 Å². The van der Waals surface area contributed by atoms with E-state index in [0.717, 1.165) is 33.7 Å². The molecule has 0 atom stereocenters. The maximum atomic E-state index is 13.2. The van der Waals surface area contributed by atoms with Crippen molar-refractivity contribution in [2.45, 2.75) is 0 Å². The molecule has 0 bridgehead atoms. The van der Waals surface area contributed by atoms with Crippen LogP contribution in [0.1, 0.15) is 5.56 Å². The topological polar surface area (TPSA) is 55.7 Å². The molecular formula is C24H20FN3O2S. The summed E-state index contributed by atoms with van der Waals surface area (Å²) in [6, 6.07) is 19.8. The van der Waals surface area contributed by atoms with Crippen molar-refractivity contribution in [2.24, 2.45) is 5.10 Å². The van der Waals surface area contributed by atoms with E-state index in [0.29, 0.717) is 10.9 Å². The lowest BCUT2D eigenvalue weighted by Gasteiger charge is -2.08. The maximum Gasteiger partial charge on any atom is 0.203 e. The molecule has 0 saturated heterocycles. The first-order valence-electron chi connectivity index (χ1n) is 9.49. The van der Waals surface area contributed by atoms with Gasteiger partial charge in [0.1, 0.15) is 17.3 Å². The largest absolute Gasteiger partial charge is 0.497 e. The summed E-state index contributed by atoms with van der Waals surface area (Å²) in [5.41, 5.74) is 7.49. The predicted molar refractivity (Wildman–Crippen MR) is 124 cm³/mol. The summed E-state index contributed by atoms with van der Waals surface area (Å²) in [5.74, 6) is 1.23. The Morgan fingerprint density at radius 3 is 2.32 bits per heavy atom. The standard InChI is InChI=1S/C24H20FN3O2S/c1-29-21-10-5-17(6-11-21)22-15-31-24(27-22)28-26-14-19-13-18(7-12-23(19)30-2)16-3-8-20(25)9-4-16/h3-15H,1-2H3,(H,27,28)/b26-14+. The lowest BCUT2D eigenvalue weighted by molar-refractivity contribution is 0.414. The Bertz CT molecular complexity index is 1190. The molecule has 5 nitrogen and oxygen atoms in total. The molecule has 7 heteroatoms. The number of anilines is 1. The molecule has 0 saturated carbocycles. The first-order valence-corrected chi connectivity index (χ1v) is 10.4. The molecule has 0 unspecified atom stereocenters. The van der Waals surface area contributed by atoms with Crippen LogP contribution in [-0.4, -0.2) is 25.4 Å². The van der Waals surface area contributed by atoms with Crippen molar-refractivity contribution in [1.29, 1.82) is 0 Å². The molecule has 4 aromatic rings. The van der Waals surface area contributed by atoms with Crippen LogP contribution < -0.4 is 14.9 Å². The van der Waals surface area contributed by atoms with Crippen LogP contribution >= 0.6 is 11.3 Å². The number of methoxy groups -OCH3 is 2. The van der Waals surface area contributed by atoms with Crippen molar-refractivity contribution in [3.8, 4) is 33.9 Å². The van der Waals surface area contributed by atoms with Crippen molar-refractivity contribution >= 4 is 22.7 Å². The van der Waals surface area contributed by atoms with Crippen molar-refractivity contribution < 1.29 is 13.9 Å². The smallest absolute Gasteiger partial charge is 0.203 e. The highest BCUT2D eigenvalue weighted by Crippen LogP contribution is 2.28. The molecule has 0 fully saturated rings. The van der Waals surface area contributed by atoms with Crippen molar-refractivity contribution in [2.75, 3.05) is 19.6 Å². The fourth-order valence-corrected chi connectivity index (χ4v) is 3.70. The molecule has 156 valence electrons. The zero-order chi connectivity index (χ0) is 21.6. The number of ether oxygens (including phenoxy) is 2. The molecule has 1 heterocycles. The van der Waals surface area contributed by atoms with Gasteiger partial charge in [-0.2, -0.15) is 5.10 Å². The highest BCUT2D eigenvalue weighted by molar-refractivity contribution is 7.14. The van der Waals surface area contributed by atoms with Gasteiger partial charge in [-0.3, -0.25) is 5.43 Å². The van der Waals surface area contributed by atoms with E-state index >= 15 is 0 Å². The third kappa shape index (κ3) is 4.90. The minimum Gasteiger partial charge on any atom is -0.497 e. The van der Waals surface area contributed by atoms with E-state index in [2.05, 4.69) is 15.5 Å². The molecule has 1 aromatic heterocycles. The molecule has 3 aromatic carbocycles. The average Bonchev–Trinajstić information content (AvgIpc) is 3.28. The lowest BCUT2D eigenvalue weighted by atomic mass is 10.0. The molecule has 1 N–H and O–H groups in total. The second-order valence-corrected chi connectivity index (χ2v) is 7.46. The van der Waals surface area contributed by atoms with Crippen LogP contribution in [-0.2, 0) is 0 Å². The zero-order valence-electron chi connectivity index (χ0n) is 17.0. The van der Waals surface area contributed by atoms with Gasteiger partial charge in [0.15, 0.2) is 0 Å². The number of hydrazone groups is 1. The summed E-state index contributed by atoms with van der Waals surface area (Å²) < 4.78 is 23.8. The third-order valence-electron chi connectivity index (χ3n) is 4.66. The zero-order valence-corrected chi connectivity index (χ0v) is 17.8. The van der Waals surface area contributed by atoms with Gasteiger partial charge in [0.25, 0.3) is 0 Å². The molecule has 4 rings (SSSR count). The van der Waals surface area contributed by atoms with Gasteiger partial charge in [0, 0.05) is 16.5 Å². The van der Waals surface area contributed by atoms with E-state index < -0.39 is 0 Å². The quantitative estimate of drug-likeness (QED) is 0.283. The number of hydrogen-bond acceptors (Lipinski definition) is 6. The van der Waals surface area contributed by atoms with Gasteiger partial charge in [0.2, 0.25) is 5.13 Å². The van der Waals surface area contributed by atoms with Gasteiger partial charge in [-0.1, -0.05) is 18.2 Å². The Hall–Kier alpha value is -3.71. The Morgan fingerprint density at radius 1 is 0.903 bits per heavy atom. The minimum atomic E-state index is -0.263. The number of hydrogen-bond donors (Lipinski definition) is 1. The summed E-state index contributed by atoms with van der Waals surface area (Å²) in [6.07, 6.45) is 1.68. The highest BCUT2D eigenvalue weighted by Gasteiger charge is 2.06. The van der Waals surface area contributed by atoms with Gasteiger partial charge < -0.3 is 9.47 Å². The minimum absolute atomic E-state index is 0.263. The van der Waals surface area contributed by atoms with Crippen LogP contribution in [0.3, 0.4) is 0 Å². The van der Waals surface area contributed by atoms with E-state index in [1.165, 1.54) is 23.5 Å². The van der Waals surface area contributed by atoms with E-state index in [-0.39, 0.29) is 5.82 Å². The predicted octanol–water partition coefficient (Wildman–Crippen LogP) is 6.08. The normalized spacial score (nSPS) is 10.9. The van der Waals surface area contributed by atoms with Crippen LogP contribution in [0.5, 0.6) is 11.5 Å². The van der Waals surface area contributed by atoms with Gasteiger partial charge in [-0.25, -0.2) is 9.37 Å². The van der Waals surface area contributed by atoms with Crippen molar-refractivity contribution in [3.05, 3.63) is 83.5 Å². The summed E-state index contributed by atoms with van der Waals surface area (Å²) in [4.78, 5) is 4.57. The van der Waals surface area contributed by atoms with E-state index in [1.54, 1.807) is 32.6 Å². The van der Waals surface area contributed by atoms with Crippen LogP contribution in [0.2, 0.25) is 0 Å². The summed E-state index contributed by atoms with van der Waals surface area (Å²) in [5, 5.41) is 6.96. The van der Waals surface area contributed by atoms with Crippen molar-refractivity contribution in [3.63, 3.8) is 0 Å². The second kappa shape index (κ2) is 9.40. The first kappa shape index (κ1) is 20.6. The number of nitrogens with zero attached hydrogens (tertiary/aromatic N) is 2. The molecule has 0 amide bonds. The van der Waals surface area contributed by atoms with E-state index in [4.69, 9.17) is 9.47 Å². The fourth-order valence-electron chi connectivity index (χ4n) is 3.03. The third-order valence-corrected chi connectivity index (χ3v) is 5.41. The number of nitrogens with one attached hydrogen (secondary N) is 1. The Kier molecular flexibility index (Phi) is 6.24. The van der Waals surface area contributed by atoms with Gasteiger partial charge in [-0.15, -0.1) is 11.3 Å². The number of benzene rings is 3. The Balaban J connectivity index is 1.50. The molecule has 0 aliphatic carbocycles. The van der Waals surface area contributed by atoms with Crippen LogP contribution in [0.4, 0.5) is 9.52 Å². The fraction of sp³-hybridized carbons (Fsp3) is 0.0833. The van der Waals surface area contributed by atoms with Crippen LogP contribution in [0.25, 0.3) is 22.4 Å². The monoisotopic (exact) mass is 433 g/mol. The average molecular weight is 434 g/mol. The van der Waals surface area contributed by atoms with E-state index in [9.17, 15) is 4.39 Å². The molecule has 31 heavy (non-hydrogen) atoms. The summed E-state index contributed by atoms with van der Waals surface area (Å²) >= 11 is 1.47. The highest BCUT2D eigenvalue weighted by atomic mass is 32.1. The second-order valence-electron chi connectivity index (χ2n) is 6.60. The molecule has 0 aliphatic heterocycles. The molecule has 0 spiro atoms. The van der Waals surface area contributed by atoms with Gasteiger partial charge >= 0.3 is 0 Å². The van der Waals surface area contributed by atoms with Gasteiger partial charge in [0.05, 0.1) is 26.1 Å². The number of halogens is 1. The summed E-state index contributed by atoms with van der Waals surface area (Å²) in [6.45, 7) is 0. The lowest BCUT2D eigenvalue weighted by Crippen LogP contribution is -1.95. The van der Waals surface area contributed by atoms with Crippen LogP contribution in [0, 0.1) is 5.82 Å². The Labute approximate surface area is 183 Å². The van der Waals surface area contributed by atoms with Crippen molar-refractivity contribution in [1.82, 2.24) is 4.98 Å². The number of thiazole rings is 1. The Morgan fingerprint density at radius 2 is 1.61 bits per heavy atom. The molecular weight excluding hydrogens is 413 g/mol. The van der Waals surface area contributed by atoms with Gasteiger partial charge in [-0.05, 0) is 59.7 Å². The van der Waals surface area contributed by atoms with Crippen LogP contribution in [0.15, 0.2) is 77.2 Å². The first-order chi connectivity index (χ1) is 15.2. The maximum absolute atomic E-state index is 13.2. The molecule has 0 radical (unpaired) electrons. The SMILES string of the molecule is COc1ccc(-c2csc(N/N=C/c3cc(-c4ccc(F)cc4)ccc3OC)n2)cc1. The number of rotatable bonds is 7. The summed E-state index contributed by atoms with van der Waals surface area (Å²) in [7, 11) is 3.25. The molecule has 0 aliphatic rings. The number of aromatic nitrogens is 1.